The number of hydrogen-bond acceptors (Lipinski definition) is 7. The van der Waals surface area contributed by atoms with Crippen LogP contribution in [0.15, 0.2) is 28.3 Å². The lowest BCUT2D eigenvalue weighted by Gasteiger charge is -2.35. The van der Waals surface area contributed by atoms with Gasteiger partial charge in [-0.15, -0.1) is 0 Å². The summed E-state index contributed by atoms with van der Waals surface area (Å²) in [6, 6.07) is 0.187. The molecule has 208 valence electrons. The van der Waals surface area contributed by atoms with E-state index in [1.807, 2.05) is 6.21 Å². The zero-order valence-corrected chi connectivity index (χ0v) is 24.0. The molecule has 8 nitrogen and oxygen atoms in total. The third-order valence-corrected chi connectivity index (χ3v) is 8.67. The Bertz CT molecular complexity index is 1120. The predicted molar refractivity (Wildman–Crippen MR) is 159 cm³/mol. The van der Waals surface area contributed by atoms with Crippen molar-refractivity contribution in [3.63, 3.8) is 0 Å². The standard InChI is InChI=1S/C30H45N7O.H2/c1-21-9-10-23(30(2,3)4)20-24(21)32-28-26-27(31-13-18-35(26)5)33-29(34-28)37-16-11-22(12-17-37)19-25(38)36-14-7-6-8-15-36;/h9-10,13,22,24H,6-8,11-12,14-20H2,1-5H3,(H,32,33,34);1H. The van der Waals surface area contributed by atoms with Crippen molar-refractivity contribution in [2.75, 3.05) is 54.9 Å². The molecule has 2 saturated heterocycles. The number of piperidine rings is 2. The van der Waals surface area contributed by atoms with Crippen LogP contribution in [0.25, 0.3) is 0 Å². The molecular formula is C30H47N7O. The summed E-state index contributed by atoms with van der Waals surface area (Å²) < 4.78 is 0. The molecule has 8 heteroatoms. The highest BCUT2D eigenvalue weighted by molar-refractivity contribution is 5.86. The zero-order valence-electron chi connectivity index (χ0n) is 24.0. The van der Waals surface area contributed by atoms with Crippen molar-refractivity contribution < 1.29 is 6.22 Å². The molecule has 1 amide bonds. The molecular weight excluding hydrogens is 474 g/mol. The molecule has 38 heavy (non-hydrogen) atoms. The Hall–Kier alpha value is -2.90. The third kappa shape index (κ3) is 5.89. The molecule has 4 heterocycles. The van der Waals surface area contributed by atoms with Gasteiger partial charge in [0.2, 0.25) is 11.9 Å². The van der Waals surface area contributed by atoms with Crippen LogP contribution in [0.5, 0.6) is 0 Å². The van der Waals surface area contributed by atoms with Crippen LogP contribution in [0.3, 0.4) is 0 Å². The number of amides is 1. The second kappa shape index (κ2) is 11.1. The second-order valence-electron chi connectivity index (χ2n) is 12.6. The summed E-state index contributed by atoms with van der Waals surface area (Å²) in [4.78, 5) is 34.0. The first-order valence-corrected chi connectivity index (χ1v) is 14.5. The fraction of sp³-hybridized carbons (Fsp3) is 0.667. The first kappa shape index (κ1) is 26.7. The van der Waals surface area contributed by atoms with Crippen LogP contribution in [0.2, 0.25) is 0 Å². The topological polar surface area (TPSA) is 77.0 Å². The predicted octanol–water partition coefficient (Wildman–Crippen LogP) is 5.60. The van der Waals surface area contributed by atoms with Crippen molar-refractivity contribution in [2.24, 2.45) is 16.3 Å². The van der Waals surface area contributed by atoms with E-state index >= 15 is 0 Å². The maximum absolute atomic E-state index is 12.8. The van der Waals surface area contributed by atoms with Crippen molar-refractivity contribution in [1.82, 2.24) is 14.9 Å². The smallest absolute Gasteiger partial charge is 0.229 e. The molecule has 0 saturated carbocycles. The number of nitrogens with one attached hydrogen (secondary N) is 1. The van der Waals surface area contributed by atoms with Gasteiger partial charge in [0.25, 0.3) is 0 Å². The molecule has 1 aromatic rings. The molecule has 2 fully saturated rings. The zero-order chi connectivity index (χ0) is 26.9. The molecule has 1 N–H and O–H groups in total. The Kier molecular flexibility index (Phi) is 7.78. The highest BCUT2D eigenvalue weighted by atomic mass is 16.2. The maximum atomic E-state index is 12.8. The SMILES string of the molecule is CC1=CC=C(C(C)(C)C)CC1Nc1nc(N2CCC(CC(=O)N3CCCCC3)CC2)nc2c1N(C)CC=N2.[HH]. The van der Waals surface area contributed by atoms with Crippen molar-refractivity contribution in [1.29, 1.82) is 0 Å². The van der Waals surface area contributed by atoms with Crippen molar-refractivity contribution in [3.05, 3.63) is 23.3 Å². The quantitative estimate of drug-likeness (QED) is 0.544. The Morgan fingerprint density at radius 3 is 2.53 bits per heavy atom. The van der Waals surface area contributed by atoms with E-state index in [0.717, 1.165) is 88.1 Å². The lowest BCUT2D eigenvalue weighted by Crippen LogP contribution is -2.40. The van der Waals surface area contributed by atoms with Gasteiger partial charge in [-0.3, -0.25) is 4.79 Å². The van der Waals surface area contributed by atoms with Crippen molar-refractivity contribution in [2.45, 2.75) is 78.7 Å². The van der Waals surface area contributed by atoms with E-state index < -0.39 is 0 Å². The summed E-state index contributed by atoms with van der Waals surface area (Å²) in [6.07, 6.45) is 13.6. The highest BCUT2D eigenvalue weighted by Crippen LogP contribution is 2.40. The lowest BCUT2D eigenvalue weighted by molar-refractivity contribution is -0.133. The molecule has 1 unspecified atom stereocenters. The van der Waals surface area contributed by atoms with Crippen LogP contribution in [0.4, 0.5) is 23.3 Å². The number of fused-ring (bicyclic) bond motifs is 1. The Labute approximate surface area is 229 Å². The number of aliphatic imine (C=N–C) groups is 1. The van der Waals surface area contributed by atoms with Gasteiger partial charge in [-0.2, -0.15) is 9.97 Å². The number of anilines is 3. The minimum Gasteiger partial charge on any atom is -0.363 e. The van der Waals surface area contributed by atoms with Crippen LogP contribution in [0.1, 0.15) is 74.1 Å². The monoisotopic (exact) mass is 521 g/mol. The van der Waals surface area contributed by atoms with Gasteiger partial charge in [0.05, 0.1) is 12.6 Å². The number of rotatable bonds is 5. The molecule has 0 bridgehead atoms. The van der Waals surface area contributed by atoms with Crippen LogP contribution in [0, 0.1) is 11.3 Å². The van der Waals surface area contributed by atoms with E-state index in [2.05, 4.69) is 71.9 Å². The second-order valence-corrected chi connectivity index (χ2v) is 12.6. The van der Waals surface area contributed by atoms with Crippen LogP contribution in [-0.2, 0) is 4.79 Å². The summed E-state index contributed by atoms with van der Waals surface area (Å²) in [6.45, 7) is 13.4. The van der Waals surface area contributed by atoms with E-state index in [4.69, 9.17) is 9.97 Å². The largest absolute Gasteiger partial charge is 0.363 e. The molecule has 1 atom stereocenters. The van der Waals surface area contributed by atoms with Gasteiger partial charge < -0.3 is 20.0 Å². The van der Waals surface area contributed by atoms with Crippen LogP contribution < -0.4 is 15.1 Å². The van der Waals surface area contributed by atoms with Crippen LogP contribution in [-0.4, -0.2) is 72.8 Å². The van der Waals surface area contributed by atoms with E-state index in [1.54, 1.807) is 0 Å². The number of allylic oxidation sites excluding steroid dienone is 2. The number of likely N-dealkylation sites (tertiary alicyclic amines) is 1. The van der Waals surface area contributed by atoms with E-state index in [1.165, 1.54) is 17.6 Å². The molecule has 3 aliphatic heterocycles. The number of nitrogens with zero attached hydrogens (tertiary/aromatic N) is 6. The summed E-state index contributed by atoms with van der Waals surface area (Å²) in [5.41, 5.74) is 3.86. The van der Waals surface area contributed by atoms with Gasteiger partial charge in [0.1, 0.15) is 5.69 Å². The molecule has 1 aromatic heterocycles. The number of hydrogen-bond donors (Lipinski definition) is 1. The van der Waals surface area contributed by atoms with Crippen LogP contribution >= 0.6 is 0 Å². The number of aromatic nitrogens is 2. The van der Waals surface area contributed by atoms with Crippen molar-refractivity contribution in [3.8, 4) is 0 Å². The normalized spacial score (nSPS) is 22.7. The summed E-state index contributed by atoms with van der Waals surface area (Å²) in [5, 5.41) is 3.79. The van der Waals surface area contributed by atoms with Gasteiger partial charge in [0.15, 0.2) is 11.6 Å². The number of carbonyl (C=O) groups is 1. The average Bonchev–Trinajstić information content (AvgIpc) is 2.90. The molecule has 1 aliphatic carbocycles. The molecule has 4 aliphatic rings. The van der Waals surface area contributed by atoms with E-state index in [9.17, 15) is 4.79 Å². The Morgan fingerprint density at radius 2 is 1.82 bits per heavy atom. The Morgan fingerprint density at radius 1 is 1.08 bits per heavy atom. The molecule has 5 rings (SSSR count). The van der Waals surface area contributed by atoms with Gasteiger partial charge in [0, 0.05) is 47.3 Å². The van der Waals surface area contributed by atoms with E-state index in [-0.39, 0.29) is 12.9 Å². The third-order valence-electron chi connectivity index (χ3n) is 8.67. The van der Waals surface area contributed by atoms with Gasteiger partial charge >= 0.3 is 0 Å². The molecule has 0 spiro atoms. The summed E-state index contributed by atoms with van der Waals surface area (Å²) >= 11 is 0. The fourth-order valence-electron chi connectivity index (χ4n) is 6.00. The van der Waals surface area contributed by atoms with E-state index in [0.29, 0.717) is 18.2 Å². The minimum absolute atomic E-state index is 0. The first-order valence-electron chi connectivity index (χ1n) is 14.5. The van der Waals surface area contributed by atoms with Gasteiger partial charge in [-0.05, 0) is 56.8 Å². The van der Waals surface area contributed by atoms with Gasteiger partial charge in [-0.1, -0.05) is 44.1 Å². The molecule has 0 radical (unpaired) electrons. The fourth-order valence-corrected chi connectivity index (χ4v) is 6.00. The molecule has 0 aromatic carbocycles. The lowest BCUT2D eigenvalue weighted by atomic mass is 9.79. The number of carbonyl (C=O) groups excluding carboxylic acids is 1. The summed E-state index contributed by atoms with van der Waals surface area (Å²) in [7, 11) is 2.08. The maximum Gasteiger partial charge on any atom is 0.229 e. The highest BCUT2D eigenvalue weighted by Gasteiger charge is 2.30. The first-order chi connectivity index (χ1) is 18.2. The Balaban J connectivity index is 0.00000353. The average molecular weight is 522 g/mol. The minimum atomic E-state index is 0. The van der Waals surface area contributed by atoms with Crippen molar-refractivity contribution >= 4 is 35.4 Å². The summed E-state index contributed by atoms with van der Waals surface area (Å²) in [5.74, 6) is 3.12. The van der Waals surface area contributed by atoms with Gasteiger partial charge in [-0.25, -0.2) is 4.99 Å².